The highest BCUT2D eigenvalue weighted by molar-refractivity contribution is 5.81. The molecule has 2 rings (SSSR count). The summed E-state index contributed by atoms with van der Waals surface area (Å²) in [6.07, 6.45) is 4.15. The summed E-state index contributed by atoms with van der Waals surface area (Å²) in [7, 11) is 0. The highest BCUT2D eigenvalue weighted by Crippen LogP contribution is 2.20. The second-order valence-corrected chi connectivity index (χ2v) is 5.64. The number of hydrogen-bond donors (Lipinski definition) is 2. The molecule has 1 aromatic carbocycles. The summed E-state index contributed by atoms with van der Waals surface area (Å²) in [5.41, 5.74) is 1.08. The number of hydrogen-bond acceptors (Lipinski definition) is 3. The minimum Gasteiger partial charge on any atom is -0.481 e. The summed E-state index contributed by atoms with van der Waals surface area (Å²) in [5.74, 6) is 0.771. The van der Waals surface area contributed by atoms with Crippen LogP contribution in [0.1, 0.15) is 45.1 Å². The van der Waals surface area contributed by atoms with Crippen molar-refractivity contribution in [2.45, 2.75) is 58.2 Å². The van der Waals surface area contributed by atoms with Crippen LogP contribution in [-0.4, -0.2) is 24.6 Å². The lowest BCUT2D eigenvalue weighted by Gasteiger charge is -2.19. The Morgan fingerprint density at radius 1 is 1.33 bits per heavy atom. The predicted molar refractivity (Wildman–Crippen MR) is 84.3 cm³/mol. The summed E-state index contributed by atoms with van der Waals surface area (Å²) in [5, 5.41) is 6.37. The van der Waals surface area contributed by atoms with Crippen molar-refractivity contribution in [3.8, 4) is 5.75 Å². The molecule has 0 heterocycles. The van der Waals surface area contributed by atoms with E-state index >= 15 is 0 Å². The Balaban J connectivity index is 1.91. The topological polar surface area (TPSA) is 50.4 Å². The summed E-state index contributed by atoms with van der Waals surface area (Å²) in [4.78, 5) is 12.2. The average Bonchev–Trinajstić information content (AvgIpc) is 2.99. The van der Waals surface area contributed by atoms with Crippen molar-refractivity contribution >= 4 is 5.91 Å². The normalized spacial score (nSPS) is 16.7. The molecule has 0 saturated heterocycles. The van der Waals surface area contributed by atoms with Gasteiger partial charge in [0, 0.05) is 18.2 Å². The van der Waals surface area contributed by atoms with Gasteiger partial charge in [-0.15, -0.1) is 0 Å². The number of benzene rings is 1. The number of para-hydroxylation sites is 1. The highest BCUT2D eigenvalue weighted by atomic mass is 16.5. The number of carbonyl (C=O) groups is 1. The summed E-state index contributed by atoms with van der Waals surface area (Å²) in [6.45, 7) is 5.55. The maximum atomic E-state index is 12.2. The third-order valence-corrected chi connectivity index (χ3v) is 3.91. The minimum absolute atomic E-state index is 0.0137. The molecule has 116 valence electrons. The van der Waals surface area contributed by atoms with E-state index in [2.05, 4.69) is 17.6 Å². The Bertz CT molecular complexity index is 456. The molecule has 0 radical (unpaired) electrons. The zero-order valence-corrected chi connectivity index (χ0v) is 13.0. The summed E-state index contributed by atoms with van der Waals surface area (Å²) in [6, 6.07) is 8.21. The van der Waals surface area contributed by atoms with Crippen molar-refractivity contribution in [2.24, 2.45) is 0 Å². The maximum absolute atomic E-state index is 12.2. The Hall–Kier alpha value is -1.55. The molecule has 1 unspecified atom stereocenters. The molecule has 4 heteroatoms. The van der Waals surface area contributed by atoms with E-state index in [0.717, 1.165) is 37.2 Å². The second kappa shape index (κ2) is 8.03. The first-order valence-corrected chi connectivity index (χ1v) is 7.96. The smallest absolute Gasteiger partial charge is 0.260 e. The van der Waals surface area contributed by atoms with Gasteiger partial charge in [-0.25, -0.2) is 0 Å². The van der Waals surface area contributed by atoms with Crippen LogP contribution in [0.3, 0.4) is 0 Å². The molecule has 0 spiro atoms. The number of carbonyl (C=O) groups excluding carboxylic acids is 1. The molecule has 2 N–H and O–H groups in total. The predicted octanol–water partition coefficient (Wildman–Crippen LogP) is 2.62. The van der Waals surface area contributed by atoms with Gasteiger partial charge in [-0.3, -0.25) is 4.79 Å². The molecule has 4 nitrogen and oxygen atoms in total. The van der Waals surface area contributed by atoms with E-state index in [1.165, 1.54) is 12.8 Å². The lowest BCUT2D eigenvalue weighted by molar-refractivity contribution is -0.128. The van der Waals surface area contributed by atoms with Crippen LogP contribution in [0.4, 0.5) is 0 Å². The fourth-order valence-corrected chi connectivity index (χ4v) is 2.66. The monoisotopic (exact) mass is 290 g/mol. The highest BCUT2D eigenvalue weighted by Gasteiger charge is 2.22. The van der Waals surface area contributed by atoms with E-state index in [-0.39, 0.29) is 5.91 Å². The van der Waals surface area contributed by atoms with Crippen LogP contribution in [0, 0.1) is 0 Å². The van der Waals surface area contributed by atoms with Crippen LogP contribution in [0.5, 0.6) is 5.75 Å². The Morgan fingerprint density at radius 2 is 2.05 bits per heavy atom. The van der Waals surface area contributed by atoms with Gasteiger partial charge >= 0.3 is 0 Å². The van der Waals surface area contributed by atoms with Gasteiger partial charge in [0.1, 0.15) is 5.75 Å². The molecule has 1 saturated carbocycles. The lowest BCUT2D eigenvalue weighted by Crippen LogP contribution is -2.41. The van der Waals surface area contributed by atoms with Crippen LogP contribution < -0.4 is 15.4 Å². The van der Waals surface area contributed by atoms with Gasteiger partial charge < -0.3 is 15.4 Å². The fraction of sp³-hybridized carbons (Fsp3) is 0.588. The van der Waals surface area contributed by atoms with E-state index in [4.69, 9.17) is 4.74 Å². The van der Waals surface area contributed by atoms with Gasteiger partial charge in [0.25, 0.3) is 5.91 Å². The van der Waals surface area contributed by atoms with Gasteiger partial charge in [0.05, 0.1) is 0 Å². The van der Waals surface area contributed by atoms with E-state index in [9.17, 15) is 4.79 Å². The number of amides is 1. The molecule has 1 aromatic rings. The first kappa shape index (κ1) is 15.8. The van der Waals surface area contributed by atoms with Crippen LogP contribution >= 0.6 is 0 Å². The molecule has 1 atom stereocenters. The van der Waals surface area contributed by atoms with Gasteiger partial charge in [0.2, 0.25) is 0 Å². The molecule has 0 bridgehead atoms. The Morgan fingerprint density at radius 3 is 2.76 bits per heavy atom. The lowest BCUT2D eigenvalue weighted by atomic mass is 10.2. The molecule has 21 heavy (non-hydrogen) atoms. The summed E-state index contributed by atoms with van der Waals surface area (Å²) < 4.78 is 5.86. The van der Waals surface area contributed by atoms with Crippen LogP contribution in [0.15, 0.2) is 24.3 Å². The summed E-state index contributed by atoms with van der Waals surface area (Å²) >= 11 is 0. The van der Waals surface area contributed by atoms with E-state index < -0.39 is 6.10 Å². The third-order valence-electron chi connectivity index (χ3n) is 3.91. The zero-order valence-electron chi connectivity index (χ0n) is 13.0. The van der Waals surface area contributed by atoms with Crippen LogP contribution in [0.2, 0.25) is 0 Å². The molecular weight excluding hydrogens is 264 g/mol. The Kier molecular flexibility index (Phi) is 6.05. The van der Waals surface area contributed by atoms with Crippen molar-refractivity contribution < 1.29 is 9.53 Å². The zero-order chi connectivity index (χ0) is 15.1. The molecule has 0 aliphatic heterocycles. The number of rotatable bonds is 7. The fourth-order valence-electron chi connectivity index (χ4n) is 2.66. The van der Waals surface area contributed by atoms with E-state index in [1.54, 1.807) is 0 Å². The van der Waals surface area contributed by atoms with Gasteiger partial charge in [-0.2, -0.15) is 0 Å². The van der Waals surface area contributed by atoms with Gasteiger partial charge in [-0.1, -0.05) is 38.0 Å². The third kappa shape index (κ3) is 4.74. The first-order chi connectivity index (χ1) is 10.2. The molecule has 0 aromatic heterocycles. The Labute approximate surface area is 127 Å². The SMILES string of the molecule is CCNCc1ccccc1OC(C)C(=O)NC1CCCC1. The first-order valence-electron chi connectivity index (χ1n) is 7.96. The number of ether oxygens (including phenoxy) is 1. The molecule has 1 amide bonds. The van der Waals surface area contributed by atoms with Crippen molar-refractivity contribution in [3.63, 3.8) is 0 Å². The minimum atomic E-state index is -0.464. The van der Waals surface area contributed by atoms with Crippen LogP contribution in [-0.2, 0) is 11.3 Å². The average molecular weight is 290 g/mol. The maximum Gasteiger partial charge on any atom is 0.260 e. The van der Waals surface area contributed by atoms with Crippen LogP contribution in [0.25, 0.3) is 0 Å². The van der Waals surface area contributed by atoms with Gasteiger partial charge in [0.15, 0.2) is 6.10 Å². The number of nitrogens with one attached hydrogen (secondary N) is 2. The molecule has 1 aliphatic rings. The molecule has 1 fully saturated rings. The quantitative estimate of drug-likeness (QED) is 0.811. The van der Waals surface area contributed by atoms with Crippen molar-refractivity contribution in [2.75, 3.05) is 6.54 Å². The van der Waals surface area contributed by atoms with Crippen molar-refractivity contribution in [3.05, 3.63) is 29.8 Å². The van der Waals surface area contributed by atoms with E-state index in [1.807, 2.05) is 31.2 Å². The largest absolute Gasteiger partial charge is 0.481 e. The molecular formula is C17H26N2O2. The van der Waals surface area contributed by atoms with Gasteiger partial charge in [-0.05, 0) is 32.4 Å². The standard InChI is InChI=1S/C17H26N2O2/c1-3-18-12-14-8-4-7-11-16(14)21-13(2)17(20)19-15-9-5-6-10-15/h4,7-8,11,13,15,18H,3,5-6,9-10,12H2,1-2H3,(H,19,20). The van der Waals surface area contributed by atoms with E-state index in [0.29, 0.717) is 6.04 Å². The van der Waals surface area contributed by atoms with Crippen molar-refractivity contribution in [1.82, 2.24) is 10.6 Å². The second-order valence-electron chi connectivity index (χ2n) is 5.64. The van der Waals surface area contributed by atoms with Crippen molar-refractivity contribution in [1.29, 1.82) is 0 Å². The molecule has 1 aliphatic carbocycles.